The molecule has 0 fully saturated rings. The smallest absolute Gasteiger partial charge is 0.259 e. The molecule has 104 valence electrons. The molecule has 0 saturated heterocycles. The predicted molar refractivity (Wildman–Crippen MR) is 81.8 cm³/mol. The first-order valence-corrected chi connectivity index (χ1v) is 6.82. The van der Waals surface area contributed by atoms with Crippen molar-refractivity contribution < 1.29 is 14.6 Å². The normalized spacial score (nSPS) is 10.2. The standard InChI is InChI=1S/C14H11BrClNO3/c1-20-8-5-6-12(18)9(7-8)14(19)17-11-4-2-3-10(16)13(11)15/h2-7,18H,1H3,(H,17,19). The van der Waals surface area contributed by atoms with Gasteiger partial charge in [-0.1, -0.05) is 17.7 Å². The summed E-state index contributed by atoms with van der Waals surface area (Å²) in [5.41, 5.74) is 0.640. The van der Waals surface area contributed by atoms with E-state index in [9.17, 15) is 9.90 Å². The van der Waals surface area contributed by atoms with Crippen molar-refractivity contribution in [1.29, 1.82) is 0 Å². The minimum absolute atomic E-state index is 0.122. The van der Waals surface area contributed by atoms with Crippen molar-refractivity contribution in [3.05, 3.63) is 51.5 Å². The number of rotatable bonds is 3. The van der Waals surface area contributed by atoms with E-state index in [1.54, 1.807) is 24.3 Å². The number of ether oxygens (including phenoxy) is 1. The van der Waals surface area contributed by atoms with Crippen LogP contribution in [0, 0.1) is 0 Å². The molecular weight excluding hydrogens is 346 g/mol. The molecule has 1 amide bonds. The number of phenolic OH excluding ortho intramolecular Hbond substituents is 1. The van der Waals surface area contributed by atoms with Crippen LogP contribution in [0.4, 0.5) is 5.69 Å². The van der Waals surface area contributed by atoms with Gasteiger partial charge in [-0.25, -0.2) is 0 Å². The number of carbonyl (C=O) groups excluding carboxylic acids is 1. The van der Waals surface area contributed by atoms with Crippen LogP contribution in [0.3, 0.4) is 0 Å². The van der Waals surface area contributed by atoms with Gasteiger partial charge in [0.05, 0.1) is 27.9 Å². The van der Waals surface area contributed by atoms with Crippen molar-refractivity contribution in [3.63, 3.8) is 0 Å². The van der Waals surface area contributed by atoms with Crippen molar-refractivity contribution in [3.8, 4) is 11.5 Å². The van der Waals surface area contributed by atoms with E-state index in [2.05, 4.69) is 21.2 Å². The summed E-state index contributed by atoms with van der Waals surface area (Å²) >= 11 is 9.25. The Balaban J connectivity index is 2.30. The molecule has 0 unspecified atom stereocenters. The largest absolute Gasteiger partial charge is 0.507 e. The van der Waals surface area contributed by atoms with Gasteiger partial charge in [-0.2, -0.15) is 0 Å². The molecule has 2 rings (SSSR count). The van der Waals surface area contributed by atoms with Gasteiger partial charge in [0.1, 0.15) is 11.5 Å². The first-order valence-electron chi connectivity index (χ1n) is 5.65. The van der Waals surface area contributed by atoms with Gasteiger partial charge >= 0.3 is 0 Å². The maximum absolute atomic E-state index is 12.2. The van der Waals surface area contributed by atoms with Crippen molar-refractivity contribution in [2.24, 2.45) is 0 Å². The molecule has 0 atom stereocenters. The molecule has 20 heavy (non-hydrogen) atoms. The average molecular weight is 357 g/mol. The second-order valence-electron chi connectivity index (χ2n) is 3.94. The maximum Gasteiger partial charge on any atom is 0.259 e. The van der Waals surface area contributed by atoms with Crippen LogP contribution in [0.5, 0.6) is 11.5 Å². The summed E-state index contributed by atoms with van der Waals surface area (Å²) in [4.78, 5) is 12.2. The molecule has 0 aromatic heterocycles. The third-order valence-electron chi connectivity index (χ3n) is 2.65. The van der Waals surface area contributed by atoms with E-state index in [4.69, 9.17) is 16.3 Å². The summed E-state index contributed by atoms with van der Waals surface area (Å²) in [6.07, 6.45) is 0. The van der Waals surface area contributed by atoms with Crippen LogP contribution < -0.4 is 10.1 Å². The van der Waals surface area contributed by atoms with E-state index in [0.717, 1.165) is 0 Å². The number of phenols is 1. The lowest BCUT2D eigenvalue weighted by Gasteiger charge is -2.10. The highest BCUT2D eigenvalue weighted by molar-refractivity contribution is 9.10. The number of hydrogen-bond acceptors (Lipinski definition) is 3. The summed E-state index contributed by atoms with van der Waals surface area (Å²) in [5, 5.41) is 12.9. The average Bonchev–Trinajstić information content (AvgIpc) is 2.44. The Kier molecular flexibility index (Phi) is 4.52. The third-order valence-corrected chi connectivity index (χ3v) is 4.05. The molecule has 0 aliphatic heterocycles. The van der Waals surface area contributed by atoms with E-state index in [0.29, 0.717) is 20.9 Å². The quantitative estimate of drug-likeness (QED) is 0.871. The molecule has 0 aliphatic rings. The Morgan fingerprint density at radius 3 is 2.80 bits per heavy atom. The summed E-state index contributed by atoms with van der Waals surface area (Å²) in [6, 6.07) is 9.55. The molecule has 0 bridgehead atoms. The Hall–Kier alpha value is -1.72. The third kappa shape index (κ3) is 3.05. The fourth-order valence-corrected chi connectivity index (χ4v) is 2.15. The topological polar surface area (TPSA) is 58.6 Å². The Morgan fingerprint density at radius 1 is 1.35 bits per heavy atom. The zero-order valence-electron chi connectivity index (χ0n) is 10.5. The van der Waals surface area contributed by atoms with E-state index >= 15 is 0 Å². The molecule has 0 saturated carbocycles. The van der Waals surface area contributed by atoms with Crippen molar-refractivity contribution >= 4 is 39.1 Å². The fourth-order valence-electron chi connectivity index (χ4n) is 1.61. The zero-order chi connectivity index (χ0) is 14.7. The SMILES string of the molecule is COc1ccc(O)c(C(=O)Nc2cccc(Cl)c2Br)c1. The maximum atomic E-state index is 12.2. The summed E-state index contributed by atoms with van der Waals surface area (Å²) in [5.74, 6) is -0.0936. The van der Waals surface area contributed by atoms with E-state index < -0.39 is 5.91 Å². The monoisotopic (exact) mass is 355 g/mol. The molecular formula is C14H11BrClNO3. The van der Waals surface area contributed by atoms with Gasteiger partial charge in [-0.05, 0) is 46.3 Å². The molecule has 4 nitrogen and oxygen atoms in total. The first kappa shape index (κ1) is 14.7. The van der Waals surface area contributed by atoms with Gasteiger partial charge in [0, 0.05) is 0 Å². The van der Waals surface area contributed by atoms with Crippen molar-refractivity contribution in [2.75, 3.05) is 12.4 Å². The number of aromatic hydroxyl groups is 1. The Morgan fingerprint density at radius 2 is 2.10 bits per heavy atom. The van der Waals surface area contributed by atoms with E-state index in [-0.39, 0.29) is 11.3 Å². The number of nitrogens with one attached hydrogen (secondary N) is 1. The summed E-state index contributed by atoms with van der Waals surface area (Å²) < 4.78 is 5.61. The lowest BCUT2D eigenvalue weighted by molar-refractivity contribution is 0.102. The highest BCUT2D eigenvalue weighted by atomic mass is 79.9. The fraction of sp³-hybridized carbons (Fsp3) is 0.0714. The van der Waals surface area contributed by atoms with Crippen LogP contribution in [-0.4, -0.2) is 18.1 Å². The molecule has 0 heterocycles. The number of amides is 1. The van der Waals surface area contributed by atoms with E-state index in [1.165, 1.54) is 19.2 Å². The van der Waals surface area contributed by atoms with Crippen LogP contribution in [-0.2, 0) is 0 Å². The number of carbonyl (C=O) groups is 1. The van der Waals surface area contributed by atoms with Gasteiger partial charge in [0.2, 0.25) is 0 Å². The molecule has 2 N–H and O–H groups in total. The number of benzene rings is 2. The Bertz CT molecular complexity index is 661. The van der Waals surface area contributed by atoms with Gasteiger partial charge < -0.3 is 15.2 Å². The Labute approximate surface area is 129 Å². The molecule has 2 aromatic rings. The number of hydrogen-bond donors (Lipinski definition) is 2. The number of halogens is 2. The van der Waals surface area contributed by atoms with Gasteiger partial charge in [-0.15, -0.1) is 0 Å². The van der Waals surface area contributed by atoms with Crippen molar-refractivity contribution in [2.45, 2.75) is 0 Å². The summed E-state index contributed by atoms with van der Waals surface area (Å²) in [7, 11) is 1.49. The van der Waals surface area contributed by atoms with Crippen molar-refractivity contribution in [1.82, 2.24) is 0 Å². The van der Waals surface area contributed by atoms with Crippen LogP contribution in [0.25, 0.3) is 0 Å². The minimum atomic E-state index is -0.454. The second-order valence-corrected chi connectivity index (χ2v) is 5.14. The molecule has 0 radical (unpaired) electrons. The lowest BCUT2D eigenvalue weighted by atomic mass is 10.1. The summed E-state index contributed by atoms with van der Waals surface area (Å²) in [6.45, 7) is 0. The van der Waals surface area contributed by atoms with Crippen LogP contribution >= 0.6 is 27.5 Å². The zero-order valence-corrected chi connectivity index (χ0v) is 12.8. The van der Waals surface area contributed by atoms with E-state index in [1.807, 2.05) is 0 Å². The van der Waals surface area contributed by atoms with Crippen LogP contribution in [0.1, 0.15) is 10.4 Å². The van der Waals surface area contributed by atoms with Crippen LogP contribution in [0.15, 0.2) is 40.9 Å². The minimum Gasteiger partial charge on any atom is -0.507 e. The first-order chi connectivity index (χ1) is 9.52. The highest BCUT2D eigenvalue weighted by Crippen LogP contribution is 2.31. The second kappa shape index (κ2) is 6.15. The van der Waals surface area contributed by atoms with Gasteiger partial charge in [-0.3, -0.25) is 4.79 Å². The van der Waals surface area contributed by atoms with Crippen LogP contribution in [0.2, 0.25) is 5.02 Å². The molecule has 0 spiro atoms. The number of anilines is 1. The highest BCUT2D eigenvalue weighted by Gasteiger charge is 2.14. The lowest BCUT2D eigenvalue weighted by Crippen LogP contribution is -2.12. The molecule has 0 aliphatic carbocycles. The number of methoxy groups -OCH3 is 1. The van der Waals surface area contributed by atoms with Gasteiger partial charge in [0.15, 0.2) is 0 Å². The van der Waals surface area contributed by atoms with Gasteiger partial charge in [0.25, 0.3) is 5.91 Å². The molecule has 6 heteroatoms. The molecule has 2 aromatic carbocycles. The predicted octanol–water partition coefficient (Wildman–Crippen LogP) is 4.07.